The van der Waals surface area contributed by atoms with Crippen LogP contribution in [0.4, 0.5) is 11.6 Å². The van der Waals surface area contributed by atoms with Gasteiger partial charge in [-0.3, -0.25) is 0 Å². The van der Waals surface area contributed by atoms with Crippen LogP contribution in [0.2, 0.25) is 5.02 Å². The lowest BCUT2D eigenvalue weighted by Gasteiger charge is -2.36. The first-order valence-electron chi connectivity index (χ1n) is 8.48. The fourth-order valence-electron chi connectivity index (χ4n) is 3.21. The maximum atomic E-state index is 11.9. The Hall–Kier alpha value is -2.45. The molecule has 27 heavy (non-hydrogen) atoms. The second-order valence-electron chi connectivity index (χ2n) is 6.46. The zero-order chi connectivity index (χ0) is 19.0. The number of hydrogen-bond donors (Lipinski definition) is 0. The molecule has 1 aromatic carbocycles. The van der Waals surface area contributed by atoms with E-state index in [1.165, 1.54) is 12.6 Å². The normalized spacial score (nSPS) is 15.3. The molecule has 4 rings (SSSR count). The second kappa shape index (κ2) is 6.94. The van der Waals surface area contributed by atoms with Crippen LogP contribution in [0.1, 0.15) is 0 Å². The molecule has 3 aromatic rings. The summed E-state index contributed by atoms with van der Waals surface area (Å²) in [4.78, 5) is 17.7. The molecular weight excluding hydrogens is 386 g/mol. The molecule has 0 saturated carbocycles. The third-order valence-electron chi connectivity index (χ3n) is 4.63. The lowest BCUT2D eigenvalue weighted by molar-refractivity contribution is 0.602. The molecule has 0 unspecified atom stereocenters. The average molecular weight is 404 g/mol. The zero-order valence-corrected chi connectivity index (χ0v) is 16.3. The minimum Gasteiger partial charge on any atom is -0.353 e. The molecule has 1 aliphatic rings. The van der Waals surface area contributed by atoms with Gasteiger partial charge in [0.15, 0.2) is 9.84 Å². The third kappa shape index (κ3) is 3.68. The molecule has 7 nitrogen and oxygen atoms in total. The van der Waals surface area contributed by atoms with Crippen molar-refractivity contribution in [1.82, 2.24) is 15.0 Å². The minimum absolute atomic E-state index is 0.273. The lowest BCUT2D eigenvalue weighted by Crippen LogP contribution is -2.47. The van der Waals surface area contributed by atoms with Crippen molar-refractivity contribution in [3.05, 3.63) is 47.9 Å². The standard InChI is InChI=1S/C18H18ClN5O2S/c1-27(25,26)14-3-4-16-15(10-14)18(22-12-21-16)24-8-6-23(7-9-24)17-5-2-13(19)11-20-17/h2-5,10-12H,6-9H2,1H3. The first kappa shape index (κ1) is 17.9. The van der Waals surface area contributed by atoms with Crippen LogP contribution in [0.15, 0.2) is 47.8 Å². The number of fused-ring (bicyclic) bond motifs is 1. The number of hydrogen-bond acceptors (Lipinski definition) is 7. The van der Waals surface area contributed by atoms with Gasteiger partial charge in [-0.05, 0) is 30.3 Å². The van der Waals surface area contributed by atoms with Crippen molar-refractivity contribution in [2.45, 2.75) is 4.90 Å². The SMILES string of the molecule is CS(=O)(=O)c1ccc2ncnc(N3CCN(c4ccc(Cl)cn4)CC3)c2c1. The Kier molecular flexibility index (Phi) is 4.61. The van der Waals surface area contributed by atoms with Crippen LogP contribution < -0.4 is 9.80 Å². The molecule has 1 saturated heterocycles. The first-order chi connectivity index (χ1) is 12.9. The Morgan fingerprint density at radius 3 is 2.37 bits per heavy atom. The first-order valence-corrected chi connectivity index (χ1v) is 10.7. The molecule has 0 N–H and O–H groups in total. The Balaban J connectivity index is 1.61. The minimum atomic E-state index is -3.29. The summed E-state index contributed by atoms with van der Waals surface area (Å²) < 4.78 is 23.8. The van der Waals surface area contributed by atoms with E-state index in [0.717, 1.165) is 48.7 Å². The van der Waals surface area contributed by atoms with Crippen molar-refractivity contribution in [2.24, 2.45) is 0 Å². The van der Waals surface area contributed by atoms with Gasteiger partial charge in [0.1, 0.15) is 18.0 Å². The summed E-state index contributed by atoms with van der Waals surface area (Å²) in [5, 5.41) is 1.37. The summed E-state index contributed by atoms with van der Waals surface area (Å²) in [5.41, 5.74) is 0.731. The molecule has 140 valence electrons. The maximum absolute atomic E-state index is 11.9. The van der Waals surface area contributed by atoms with E-state index >= 15 is 0 Å². The van der Waals surface area contributed by atoms with Crippen molar-refractivity contribution < 1.29 is 8.42 Å². The summed E-state index contributed by atoms with van der Waals surface area (Å²) in [6.07, 6.45) is 4.37. The van der Waals surface area contributed by atoms with E-state index in [1.807, 2.05) is 12.1 Å². The number of sulfone groups is 1. The molecule has 0 radical (unpaired) electrons. The van der Waals surface area contributed by atoms with E-state index in [9.17, 15) is 8.42 Å². The van der Waals surface area contributed by atoms with Crippen LogP contribution in [0.25, 0.3) is 10.9 Å². The van der Waals surface area contributed by atoms with Crippen molar-refractivity contribution >= 4 is 44.0 Å². The highest BCUT2D eigenvalue weighted by Gasteiger charge is 2.21. The average Bonchev–Trinajstić information content (AvgIpc) is 2.67. The summed E-state index contributed by atoms with van der Waals surface area (Å²) in [5.74, 6) is 1.65. The van der Waals surface area contributed by atoms with Gasteiger partial charge in [-0.2, -0.15) is 0 Å². The molecule has 1 aliphatic heterocycles. The third-order valence-corrected chi connectivity index (χ3v) is 5.96. The molecule has 0 bridgehead atoms. The molecule has 0 atom stereocenters. The summed E-state index contributed by atoms with van der Waals surface area (Å²) >= 11 is 5.91. The van der Waals surface area contributed by atoms with Crippen LogP contribution in [0.3, 0.4) is 0 Å². The van der Waals surface area contributed by atoms with E-state index in [4.69, 9.17) is 11.6 Å². The van der Waals surface area contributed by atoms with E-state index < -0.39 is 9.84 Å². The fourth-order valence-corrected chi connectivity index (χ4v) is 3.97. The van der Waals surface area contributed by atoms with Crippen LogP contribution >= 0.6 is 11.6 Å². The summed E-state index contributed by atoms with van der Waals surface area (Å²) in [6, 6.07) is 8.72. The molecular formula is C18H18ClN5O2S. The van der Waals surface area contributed by atoms with Crippen molar-refractivity contribution in [2.75, 3.05) is 42.2 Å². The highest BCUT2D eigenvalue weighted by Crippen LogP contribution is 2.27. The Bertz CT molecular complexity index is 1080. The predicted octanol–water partition coefficient (Wildman–Crippen LogP) is 2.41. The van der Waals surface area contributed by atoms with E-state index in [1.54, 1.807) is 24.4 Å². The highest BCUT2D eigenvalue weighted by molar-refractivity contribution is 7.90. The number of aromatic nitrogens is 3. The molecule has 1 fully saturated rings. The summed E-state index contributed by atoms with van der Waals surface area (Å²) in [7, 11) is -3.29. The van der Waals surface area contributed by atoms with Gasteiger partial charge in [0.05, 0.1) is 15.4 Å². The predicted molar refractivity (Wildman–Crippen MR) is 106 cm³/mol. The quantitative estimate of drug-likeness (QED) is 0.664. The molecule has 0 amide bonds. The van der Waals surface area contributed by atoms with E-state index in [-0.39, 0.29) is 4.90 Å². The zero-order valence-electron chi connectivity index (χ0n) is 14.7. The van der Waals surface area contributed by atoms with Gasteiger partial charge in [0, 0.05) is 44.0 Å². The Labute approximate surface area is 162 Å². The molecule has 9 heteroatoms. The monoisotopic (exact) mass is 403 g/mol. The van der Waals surface area contributed by atoms with Crippen molar-refractivity contribution in [3.63, 3.8) is 0 Å². The summed E-state index contributed by atoms with van der Waals surface area (Å²) in [6.45, 7) is 3.07. The maximum Gasteiger partial charge on any atom is 0.175 e. The lowest BCUT2D eigenvalue weighted by atomic mass is 10.2. The molecule has 0 spiro atoms. The van der Waals surface area contributed by atoms with Crippen LogP contribution in [-0.2, 0) is 9.84 Å². The Morgan fingerprint density at radius 1 is 0.963 bits per heavy atom. The van der Waals surface area contributed by atoms with E-state index in [0.29, 0.717) is 5.02 Å². The van der Waals surface area contributed by atoms with Crippen LogP contribution in [0.5, 0.6) is 0 Å². The number of anilines is 2. The molecule has 0 aliphatic carbocycles. The van der Waals surface area contributed by atoms with Gasteiger partial charge in [-0.25, -0.2) is 23.4 Å². The number of piperazine rings is 1. The topological polar surface area (TPSA) is 79.3 Å². The number of benzene rings is 1. The van der Waals surface area contributed by atoms with Crippen molar-refractivity contribution in [3.8, 4) is 0 Å². The van der Waals surface area contributed by atoms with Gasteiger partial charge in [0.25, 0.3) is 0 Å². The van der Waals surface area contributed by atoms with Gasteiger partial charge < -0.3 is 9.80 Å². The number of pyridine rings is 1. The van der Waals surface area contributed by atoms with Gasteiger partial charge >= 0.3 is 0 Å². The largest absolute Gasteiger partial charge is 0.353 e. The smallest absolute Gasteiger partial charge is 0.175 e. The number of halogens is 1. The van der Waals surface area contributed by atoms with Gasteiger partial charge in [0.2, 0.25) is 0 Å². The fraction of sp³-hybridized carbons (Fsp3) is 0.278. The molecule has 3 heterocycles. The van der Waals surface area contributed by atoms with Gasteiger partial charge in [-0.1, -0.05) is 11.6 Å². The Morgan fingerprint density at radius 2 is 1.70 bits per heavy atom. The number of rotatable bonds is 3. The van der Waals surface area contributed by atoms with Crippen molar-refractivity contribution in [1.29, 1.82) is 0 Å². The van der Waals surface area contributed by atoms with Gasteiger partial charge in [-0.15, -0.1) is 0 Å². The second-order valence-corrected chi connectivity index (χ2v) is 8.91. The highest BCUT2D eigenvalue weighted by atomic mass is 35.5. The van der Waals surface area contributed by atoms with Crippen LogP contribution in [0, 0.1) is 0 Å². The van der Waals surface area contributed by atoms with Crippen LogP contribution in [-0.4, -0.2) is 55.8 Å². The number of nitrogens with zero attached hydrogens (tertiary/aromatic N) is 5. The molecule has 2 aromatic heterocycles. The van der Waals surface area contributed by atoms with E-state index in [2.05, 4.69) is 24.8 Å².